The number of aromatic nitrogens is 3. The molecule has 0 radical (unpaired) electrons. The molecule has 2 heterocycles. The number of fused-ring (bicyclic) bond motifs is 1. The summed E-state index contributed by atoms with van der Waals surface area (Å²) in [5, 5.41) is 0. The molecular weight excluding hydrogens is 514 g/mol. The quantitative estimate of drug-likeness (QED) is 0.241. The molecule has 198 valence electrons. The van der Waals surface area contributed by atoms with Crippen molar-refractivity contribution in [3.63, 3.8) is 0 Å². The van der Waals surface area contributed by atoms with Gasteiger partial charge in [-0.1, -0.05) is 41.3 Å². The van der Waals surface area contributed by atoms with Crippen molar-refractivity contribution in [3.05, 3.63) is 83.4 Å². The number of alkyl halides is 3. The third kappa shape index (κ3) is 5.39. The number of aryl methyl sites for hydroxylation is 1. The monoisotopic (exact) mass is 541 g/mol. The number of rotatable bonds is 8. The molecule has 38 heavy (non-hydrogen) atoms. The molecule has 4 aromatic rings. The van der Waals surface area contributed by atoms with E-state index in [-0.39, 0.29) is 28.5 Å². The van der Waals surface area contributed by atoms with Crippen LogP contribution in [0.15, 0.2) is 60.8 Å². The Morgan fingerprint density at radius 3 is 2.39 bits per heavy atom. The van der Waals surface area contributed by atoms with Crippen molar-refractivity contribution in [1.29, 1.82) is 0 Å². The minimum absolute atomic E-state index is 0.0295. The van der Waals surface area contributed by atoms with E-state index in [1.54, 1.807) is 18.3 Å². The summed E-state index contributed by atoms with van der Waals surface area (Å²) in [5.41, 5.74) is 3.95. The summed E-state index contributed by atoms with van der Waals surface area (Å²) in [6.45, 7) is 6.70. The zero-order chi connectivity index (χ0) is 27.2. The largest absolute Gasteiger partial charge is 0.573 e. The number of imidazole rings is 1. The third-order valence-corrected chi connectivity index (χ3v) is 7.38. The van der Waals surface area contributed by atoms with Gasteiger partial charge in [-0.05, 0) is 53.8 Å². The molecule has 0 aliphatic heterocycles. The van der Waals surface area contributed by atoms with Gasteiger partial charge in [0.25, 0.3) is 0 Å². The van der Waals surface area contributed by atoms with Gasteiger partial charge in [0.1, 0.15) is 23.9 Å². The summed E-state index contributed by atoms with van der Waals surface area (Å²) in [7, 11) is 2.28. The van der Waals surface area contributed by atoms with E-state index in [4.69, 9.17) is 9.72 Å². The lowest BCUT2D eigenvalue weighted by molar-refractivity contribution is -0.274. The van der Waals surface area contributed by atoms with Crippen LogP contribution in [0.4, 0.5) is 13.2 Å². The molecule has 0 bridgehead atoms. The van der Waals surface area contributed by atoms with Crippen LogP contribution in [0, 0.1) is 18.3 Å². The average molecular weight is 542 g/mol. The van der Waals surface area contributed by atoms with Crippen LogP contribution in [0.5, 0.6) is 11.5 Å². The van der Waals surface area contributed by atoms with Crippen molar-refractivity contribution in [2.45, 2.75) is 46.2 Å². The Bertz CT molecular complexity index is 1480. The number of benzene rings is 2. The first-order chi connectivity index (χ1) is 17.9. The van der Waals surface area contributed by atoms with Gasteiger partial charge in [0.2, 0.25) is 0 Å². The Hall–Kier alpha value is -3.45. The summed E-state index contributed by atoms with van der Waals surface area (Å²) in [6.07, 6.45) is -2.97. The highest BCUT2D eigenvalue weighted by Gasteiger charge is 2.63. The lowest BCUT2D eigenvalue weighted by Gasteiger charge is -2.13. The Kier molecular flexibility index (Phi) is 6.68. The number of hydrogen-bond acceptors (Lipinski definition) is 5. The van der Waals surface area contributed by atoms with Crippen LogP contribution in [0.2, 0.25) is 0 Å². The topological polar surface area (TPSA) is 66.2 Å². The van der Waals surface area contributed by atoms with Crippen LogP contribution in [-0.2, 0) is 17.9 Å². The molecule has 1 aliphatic rings. The highest BCUT2D eigenvalue weighted by Crippen LogP contribution is 2.65. The van der Waals surface area contributed by atoms with Gasteiger partial charge in [-0.2, -0.15) is 0 Å². The average Bonchev–Trinajstić information content (AvgIpc) is 3.26. The Morgan fingerprint density at radius 2 is 1.79 bits per heavy atom. The van der Waals surface area contributed by atoms with Gasteiger partial charge < -0.3 is 14.0 Å². The molecule has 0 spiro atoms. The highest BCUT2D eigenvalue weighted by molar-refractivity contribution is 7.40. The number of ether oxygens (including phenoxy) is 2. The number of hydrogen-bond donors (Lipinski definition) is 0. The fraction of sp³-hybridized carbons (Fsp3) is 0.321. The van der Waals surface area contributed by atoms with E-state index in [1.165, 1.54) is 12.1 Å². The van der Waals surface area contributed by atoms with Crippen LogP contribution in [-0.4, -0.2) is 26.4 Å². The minimum Gasteiger partial charge on any atom is -0.487 e. The smallest absolute Gasteiger partial charge is 0.487 e. The zero-order valence-corrected chi connectivity index (χ0v) is 22.3. The van der Waals surface area contributed by atoms with Gasteiger partial charge in [-0.15, -0.1) is 13.2 Å². The SMILES string of the molecule is Cc1ccc(COc2ccc3nc([C@@H]4[C@H](C(=O)P)C4(C)C)n(Cc4ccc(OC(F)(F)F)cc4)c3c2)nc1. The molecule has 0 saturated heterocycles. The number of carbonyl (C=O) groups is 1. The summed E-state index contributed by atoms with van der Waals surface area (Å²) >= 11 is 0. The third-order valence-electron chi connectivity index (χ3n) is 7.02. The van der Waals surface area contributed by atoms with Crippen molar-refractivity contribution in [2.24, 2.45) is 11.3 Å². The fourth-order valence-corrected chi connectivity index (χ4v) is 5.61. The van der Waals surface area contributed by atoms with Crippen molar-refractivity contribution < 1.29 is 27.4 Å². The summed E-state index contributed by atoms with van der Waals surface area (Å²) < 4.78 is 49.8. The molecule has 1 saturated carbocycles. The molecule has 1 fully saturated rings. The van der Waals surface area contributed by atoms with Crippen LogP contribution in [0.3, 0.4) is 0 Å². The van der Waals surface area contributed by atoms with E-state index in [0.29, 0.717) is 18.9 Å². The fourth-order valence-electron chi connectivity index (χ4n) is 4.99. The molecule has 0 N–H and O–H groups in total. The maximum atomic E-state index is 12.6. The predicted molar refractivity (Wildman–Crippen MR) is 140 cm³/mol. The van der Waals surface area contributed by atoms with E-state index < -0.39 is 6.36 Å². The standard InChI is InChI=1S/C28H27F3N3O3P/c1-16-4-7-18(32-13-16)15-36-20-10-11-21-22(12-20)34(25(33-21)23-24(26(35)38)27(23,2)3)14-17-5-8-19(9-6-17)37-28(29,30)31/h4-13,23-24H,14-15,38H2,1-3H3/t23-,24+/m0/s1. The van der Waals surface area contributed by atoms with Crippen LogP contribution < -0.4 is 9.47 Å². The van der Waals surface area contributed by atoms with Gasteiger partial charge in [0, 0.05) is 30.6 Å². The van der Waals surface area contributed by atoms with E-state index in [2.05, 4.69) is 19.0 Å². The Labute approximate surface area is 220 Å². The summed E-state index contributed by atoms with van der Waals surface area (Å²) in [6, 6.07) is 15.3. The molecule has 0 amide bonds. The van der Waals surface area contributed by atoms with Crippen molar-refractivity contribution in [1.82, 2.24) is 14.5 Å². The van der Waals surface area contributed by atoms with Gasteiger partial charge in [0.15, 0.2) is 5.52 Å². The number of nitrogens with zero attached hydrogens (tertiary/aromatic N) is 3. The van der Waals surface area contributed by atoms with Gasteiger partial charge in [-0.3, -0.25) is 9.78 Å². The van der Waals surface area contributed by atoms with E-state index in [0.717, 1.165) is 33.7 Å². The number of halogens is 3. The van der Waals surface area contributed by atoms with Crippen LogP contribution >= 0.6 is 9.24 Å². The maximum absolute atomic E-state index is 12.6. The first-order valence-electron chi connectivity index (χ1n) is 12.1. The summed E-state index contributed by atoms with van der Waals surface area (Å²) in [4.78, 5) is 21.6. The first-order valence-corrected chi connectivity index (χ1v) is 12.7. The van der Waals surface area contributed by atoms with E-state index in [9.17, 15) is 18.0 Å². The molecule has 2 aromatic heterocycles. The first kappa shape index (κ1) is 26.2. The van der Waals surface area contributed by atoms with Gasteiger partial charge in [0.05, 0.1) is 16.7 Å². The number of carbonyl (C=O) groups excluding carboxylic acids is 1. The van der Waals surface area contributed by atoms with Crippen molar-refractivity contribution in [3.8, 4) is 11.5 Å². The van der Waals surface area contributed by atoms with E-state index >= 15 is 0 Å². The minimum atomic E-state index is -4.75. The molecule has 10 heteroatoms. The summed E-state index contributed by atoms with van der Waals surface area (Å²) in [5.74, 6) is 0.839. The second kappa shape index (κ2) is 9.70. The lowest BCUT2D eigenvalue weighted by atomic mass is 10.1. The molecule has 3 atom stereocenters. The molecule has 2 aromatic carbocycles. The second-order valence-electron chi connectivity index (χ2n) is 10.2. The molecular formula is C28H27F3N3O3P. The van der Waals surface area contributed by atoms with Gasteiger partial charge in [-0.25, -0.2) is 4.98 Å². The highest BCUT2D eigenvalue weighted by atomic mass is 31.0. The molecule has 5 rings (SSSR count). The van der Waals surface area contributed by atoms with E-state index in [1.807, 2.05) is 55.7 Å². The molecule has 1 aliphatic carbocycles. The van der Waals surface area contributed by atoms with Gasteiger partial charge >= 0.3 is 6.36 Å². The molecule has 6 nitrogen and oxygen atoms in total. The normalized spacial score (nSPS) is 18.4. The van der Waals surface area contributed by atoms with Crippen molar-refractivity contribution >= 4 is 25.8 Å². The molecule has 1 unspecified atom stereocenters. The zero-order valence-electron chi connectivity index (χ0n) is 21.1. The van der Waals surface area contributed by atoms with Crippen LogP contribution in [0.1, 0.15) is 42.4 Å². The Morgan fingerprint density at radius 1 is 1.08 bits per heavy atom. The maximum Gasteiger partial charge on any atom is 0.573 e. The Balaban J connectivity index is 1.49. The second-order valence-corrected chi connectivity index (χ2v) is 10.8. The van der Waals surface area contributed by atoms with Crippen LogP contribution in [0.25, 0.3) is 11.0 Å². The lowest BCUT2D eigenvalue weighted by Crippen LogP contribution is -2.17. The number of pyridine rings is 1. The predicted octanol–water partition coefficient (Wildman–Crippen LogP) is 6.41. The van der Waals surface area contributed by atoms with Crippen molar-refractivity contribution in [2.75, 3.05) is 0 Å².